The molecule has 0 aromatic carbocycles. The number of nitrogens with two attached hydrogens (primary N) is 1. The summed E-state index contributed by atoms with van der Waals surface area (Å²) in [5.41, 5.74) is 4.50. The van der Waals surface area contributed by atoms with Crippen LogP contribution < -0.4 is 5.73 Å². The zero-order valence-electron chi connectivity index (χ0n) is 9.38. The second-order valence-corrected chi connectivity index (χ2v) is 6.39. The molecular weight excluding hydrogens is 244 g/mol. The molecule has 94 valence electrons. The molecule has 7 nitrogen and oxygen atoms in total. The Bertz CT molecular complexity index is 524. The van der Waals surface area contributed by atoms with Crippen LogP contribution >= 0.6 is 0 Å². The van der Waals surface area contributed by atoms with Gasteiger partial charge in [-0.15, -0.1) is 0 Å². The minimum atomic E-state index is -3.57. The molecule has 2 rings (SSSR count). The fourth-order valence-electron chi connectivity index (χ4n) is 1.85. The molecule has 0 spiro atoms. The number of amides is 1. The molecule has 1 amide bonds. The minimum absolute atomic E-state index is 0.103. The molecule has 1 aromatic heterocycles. The van der Waals surface area contributed by atoms with Crippen molar-refractivity contribution in [3.8, 4) is 0 Å². The van der Waals surface area contributed by atoms with Crippen molar-refractivity contribution >= 4 is 15.9 Å². The van der Waals surface area contributed by atoms with E-state index in [4.69, 9.17) is 5.73 Å². The van der Waals surface area contributed by atoms with E-state index < -0.39 is 21.3 Å². The van der Waals surface area contributed by atoms with Crippen LogP contribution in [0.5, 0.6) is 0 Å². The molecule has 1 aliphatic rings. The van der Waals surface area contributed by atoms with Crippen LogP contribution in [0, 0.1) is 5.41 Å². The lowest BCUT2D eigenvalue weighted by molar-refractivity contribution is -0.126. The van der Waals surface area contributed by atoms with Gasteiger partial charge in [-0.2, -0.15) is 9.40 Å². The maximum absolute atomic E-state index is 12.1. The first-order chi connectivity index (χ1) is 7.86. The van der Waals surface area contributed by atoms with Crippen LogP contribution in [-0.4, -0.2) is 41.9 Å². The number of carbonyl (C=O) groups is 1. The van der Waals surface area contributed by atoms with Gasteiger partial charge in [0, 0.05) is 19.3 Å². The molecule has 17 heavy (non-hydrogen) atoms. The summed E-state index contributed by atoms with van der Waals surface area (Å²) in [7, 11) is -3.57. The third kappa shape index (κ3) is 1.93. The van der Waals surface area contributed by atoms with Gasteiger partial charge in [0.1, 0.15) is 4.90 Å². The maximum atomic E-state index is 12.1. The van der Waals surface area contributed by atoms with Gasteiger partial charge in [-0.3, -0.25) is 9.89 Å². The first-order valence-electron chi connectivity index (χ1n) is 5.15. The molecule has 1 saturated heterocycles. The van der Waals surface area contributed by atoms with E-state index in [1.54, 1.807) is 6.92 Å². The number of carbonyl (C=O) groups excluding carboxylic acids is 1. The molecule has 1 fully saturated rings. The van der Waals surface area contributed by atoms with Crippen molar-refractivity contribution in [3.63, 3.8) is 0 Å². The quantitative estimate of drug-likeness (QED) is 0.746. The highest BCUT2D eigenvalue weighted by molar-refractivity contribution is 7.89. The first kappa shape index (κ1) is 12.1. The van der Waals surface area contributed by atoms with Crippen LogP contribution in [-0.2, 0) is 14.8 Å². The van der Waals surface area contributed by atoms with Gasteiger partial charge in [0.25, 0.3) is 0 Å². The third-order valence-electron chi connectivity index (χ3n) is 3.14. The Hall–Kier alpha value is -1.41. The van der Waals surface area contributed by atoms with E-state index in [0.29, 0.717) is 13.0 Å². The molecule has 1 unspecified atom stereocenters. The topological polar surface area (TPSA) is 109 Å². The van der Waals surface area contributed by atoms with E-state index in [2.05, 4.69) is 10.2 Å². The van der Waals surface area contributed by atoms with E-state index in [1.165, 1.54) is 16.7 Å². The predicted molar refractivity (Wildman–Crippen MR) is 59.3 cm³/mol. The van der Waals surface area contributed by atoms with Gasteiger partial charge in [0.15, 0.2) is 0 Å². The fourth-order valence-corrected chi connectivity index (χ4v) is 3.33. The Balaban J connectivity index is 2.25. The molecule has 1 aliphatic heterocycles. The number of primary amides is 1. The summed E-state index contributed by atoms with van der Waals surface area (Å²) in [6.07, 6.45) is 3.00. The Labute approximate surface area is 99.0 Å². The van der Waals surface area contributed by atoms with Gasteiger partial charge in [0.05, 0.1) is 11.6 Å². The minimum Gasteiger partial charge on any atom is -0.369 e. The Morgan fingerprint density at radius 1 is 1.65 bits per heavy atom. The van der Waals surface area contributed by atoms with Crippen molar-refractivity contribution < 1.29 is 13.2 Å². The van der Waals surface area contributed by atoms with E-state index in [-0.39, 0.29) is 11.4 Å². The van der Waals surface area contributed by atoms with Crippen molar-refractivity contribution in [1.29, 1.82) is 0 Å². The standard InChI is InChI=1S/C9H14N4O3S/c1-9(8(10)14)2-3-13(6-9)17(15,16)7-4-11-12-5-7/h4-5H,2-3,6H2,1H3,(H2,10,14)(H,11,12). The van der Waals surface area contributed by atoms with Crippen LogP contribution in [0.1, 0.15) is 13.3 Å². The summed E-state index contributed by atoms with van der Waals surface area (Å²) in [6.45, 7) is 2.10. The normalized spacial score (nSPS) is 26.2. The largest absolute Gasteiger partial charge is 0.369 e. The van der Waals surface area contributed by atoms with Gasteiger partial charge in [-0.05, 0) is 13.3 Å². The molecule has 0 bridgehead atoms. The SMILES string of the molecule is CC1(C(N)=O)CCN(S(=O)(=O)c2cn[nH]c2)C1. The first-order valence-corrected chi connectivity index (χ1v) is 6.59. The number of H-pyrrole nitrogens is 1. The third-order valence-corrected chi connectivity index (χ3v) is 4.95. The second kappa shape index (κ2) is 3.81. The molecule has 8 heteroatoms. The predicted octanol–water partition coefficient (Wildman–Crippen LogP) is -0.704. The van der Waals surface area contributed by atoms with Gasteiger partial charge in [-0.1, -0.05) is 0 Å². The van der Waals surface area contributed by atoms with Crippen LogP contribution in [0.3, 0.4) is 0 Å². The van der Waals surface area contributed by atoms with Gasteiger partial charge < -0.3 is 5.73 Å². The Kier molecular flexibility index (Phi) is 2.70. The number of sulfonamides is 1. The molecule has 0 radical (unpaired) electrons. The average molecular weight is 258 g/mol. The number of nitrogens with zero attached hydrogens (tertiary/aromatic N) is 2. The van der Waals surface area contributed by atoms with Crippen molar-refractivity contribution in [2.75, 3.05) is 13.1 Å². The number of aromatic amines is 1. The highest BCUT2D eigenvalue weighted by Gasteiger charge is 2.43. The number of rotatable bonds is 3. The molecule has 0 saturated carbocycles. The Morgan fingerprint density at radius 3 is 2.82 bits per heavy atom. The van der Waals surface area contributed by atoms with E-state index >= 15 is 0 Å². The zero-order chi connectivity index (χ0) is 12.7. The molecule has 0 aliphatic carbocycles. The summed E-state index contributed by atoms with van der Waals surface area (Å²) in [6, 6.07) is 0. The summed E-state index contributed by atoms with van der Waals surface area (Å²) >= 11 is 0. The highest BCUT2D eigenvalue weighted by Crippen LogP contribution is 2.32. The number of hydrogen-bond acceptors (Lipinski definition) is 4. The van der Waals surface area contributed by atoms with Crippen molar-refractivity contribution in [3.05, 3.63) is 12.4 Å². The number of hydrogen-bond donors (Lipinski definition) is 2. The lowest BCUT2D eigenvalue weighted by Crippen LogP contribution is -2.38. The van der Waals surface area contributed by atoms with Gasteiger partial charge >= 0.3 is 0 Å². The molecular formula is C9H14N4O3S. The monoisotopic (exact) mass is 258 g/mol. The molecule has 3 N–H and O–H groups in total. The molecule has 2 heterocycles. The van der Waals surface area contributed by atoms with E-state index in [9.17, 15) is 13.2 Å². The zero-order valence-corrected chi connectivity index (χ0v) is 10.2. The lowest BCUT2D eigenvalue weighted by Gasteiger charge is -2.20. The van der Waals surface area contributed by atoms with Crippen molar-refractivity contribution in [2.24, 2.45) is 11.1 Å². The van der Waals surface area contributed by atoms with E-state index in [0.717, 1.165) is 0 Å². The molecule has 1 atom stereocenters. The summed E-state index contributed by atoms with van der Waals surface area (Å²) in [5, 5.41) is 6.06. The lowest BCUT2D eigenvalue weighted by atomic mass is 9.89. The van der Waals surface area contributed by atoms with E-state index in [1.807, 2.05) is 0 Å². The van der Waals surface area contributed by atoms with Crippen LogP contribution in [0.15, 0.2) is 17.3 Å². The van der Waals surface area contributed by atoms with Gasteiger partial charge in [0.2, 0.25) is 15.9 Å². The Morgan fingerprint density at radius 2 is 2.35 bits per heavy atom. The fraction of sp³-hybridized carbons (Fsp3) is 0.556. The van der Waals surface area contributed by atoms with Gasteiger partial charge in [-0.25, -0.2) is 8.42 Å². The summed E-state index contributed by atoms with van der Waals surface area (Å²) in [4.78, 5) is 11.4. The average Bonchev–Trinajstić information content (AvgIpc) is 2.86. The summed E-state index contributed by atoms with van der Waals surface area (Å²) in [5.74, 6) is -0.470. The number of nitrogens with one attached hydrogen (secondary N) is 1. The summed E-state index contributed by atoms with van der Waals surface area (Å²) < 4.78 is 25.5. The highest BCUT2D eigenvalue weighted by atomic mass is 32.2. The van der Waals surface area contributed by atoms with Crippen LogP contribution in [0.4, 0.5) is 0 Å². The van der Waals surface area contributed by atoms with Crippen LogP contribution in [0.25, 0.3) is 0 Å². The second-order valence-electron chi connectivity index (χ2n) is 4.45. The van der Waals surface area contributed by atoms with Crippen molar-refractivity contribution in [1.82, 2.24) is 14.5 Å². The van der Waals surface area contributed by atoms with Crippen LogP contribution in [0.2, 0.25) is 0 Å². The maximum Gasteiger partial charge on any atom is 0.246 e. The smallest absolute Gasteiger partial charge is 0.246 e. The number of aromatic nitrogens is 2. The molecule has 1 aromatic rings. The van der Waals surface area contributed by atoms with Crippen molar-refractivity contribution in [2.45, 2.75) is 18.2 Å².